The Balaban J connectivity index is 3.45. The van der Waals surface area contributed by atoms with E-state index in [1.54, 1.807) is 0 Å². The first-order valence-electron chi connectivity index (χ1n) is 5.61. The van der Waals surface area contributed by atoms with Crippen LogP contribution in [0.15, 0.2) is 6.07 Å². The summed E-state index contributed by atoms with van der Waals surface area (Å²) in [7, 11) is 0. The van der Waals surface area contributed by atoms with Crippen LogP contribution >= 0.6 is 0 Å². The summed E-state index contributed by atoms with van der Waals surface area (Å²) in [5, 5.41) is 9.85. The second-order valence-electron chi connectivity index (χ2n) is 5.08. The number of hydrogen-bond acceptors (Lipinski definition) is 1. The summed E-state index contributed by atoms with van der Waals surface area (Å²) in [5.74, 6) is 0.447. The van der Waals surface area contributed by atoms with Crippen molar-refractivity contribution in [3.8, 4) is 5.75 Å². The third-order valence-corrected chi connectivity index (χ3v) is 3.67. The minimum absolute atomic E-state index is 0.188. The predicted molar refractivity (Wildman–Crippen MR) is 65.6 cm³/mol. The van der Waals surface area contributed by atoms with Gasteiger partial charge in [0, 0.05) is 0 Å². The minimum Gasteiger partial charge on any atom is -0.507 e. The smallest absolute Gasteiger partial charge is 0.121 e. The molecule has 0 saturated carbocycles. The van der Waals surface area contributed by atoms with E-state index in [0.717, 1.165) is 17.5 Å². The number of hydrogen-bond donors (Lipinski definition) is 1. The van der Waals surface area contributed by atoms with E-state index in [1.807, 2.05) is 13.8 Å². The quantitative estimate of drug-likeness (QED) is 0.775. The van der Waals surface area contributed by atoms with Crippen molar-refractivity contribution in [2.24, 2.45) is 0 Å². The molecule has 84 valence electrons. The zero-order valence-electron chi connectivity index (χ0n) is 10.7. The van der Waals surface area contributed by atoms with Crippen molar-refractivity contribution in [3.63, 3.8) is 0 Å². The van der Waals surface area contributed by atoms with Gasteiger partial charge in [-0.15, -0.1) is 0 Å². The Bertz CT molecular complexity index is 375. The lowest BCUT2D eigenvalue weighted by atomic mass is 9.78. The Morgan fingerprint density at radius 3 is 2.13 bits per heavy atom. The molecule has 1 aromatic rings. The van der Waals surface area contributed by atoms with Crippen molar-refractivity contribution in [2.75, 3.05) is 0 Å². The number of rotatable bonds is 2. The van der Waals surface area contributed by atoms with Crippen LogP contribution in [0.2, 0.25) is 0 Å². The lowest BCUT2D eigenvalue weighted by molar-refractivity contribution is 0.461. The van der Waals surface area contributed by atoms with Crippen molar-refractivity contribution >= 4 is 0 Å². The Kier molecular flexibility index (Phi) is 3.13. The van der Waals surface area contributed by atoms with Crippen LogP contribution in [0.25, 0.3) is 0 Å². The van der Waals surface area contributed by atoms with Gasteiger partial charge in [-0.2, -0.15) is 0 Å². The molecule has 0 spiro atoms. The molecule has 0 saturated heterocycles. The maximum atomic E-state index is 9.85. The van der Waals surface area contributed by atoms with E-state index in [2.05, 4.69) is 33.8 Å². The fourth-order valence-corrected chi connectivity index (χ4v) is 1.96. The molecule has 0 heterocycles. The van der Waals surface area contributed by atoms with Gasteiger partial charge in [0.15, 0.2) is 0 Å². The average molecular weight is 206 g/mol. The first-order valence-corrected chi connectivity index (χ1v) is 5.61. The molecular weight excluding hydrogens is 184 g/mol. The van der Waals surface area contributed by atoms with Crippen LogP contribution in [0.4, 0.5) is 0 Å². The molecule has 0 bridgehead atoms. The normalized spacial score (nSPS) is 11.9. The van der Waals surface area contributed by atoms with Crippen LogP contribution in [0.5, 0.6) is 5.75 Å². The molecule has 1 nitrogen and oxygen atoms in total. The third-order valence-electron chi connectivity index (χ3n) is 3.67. The SMILES string of the molecule is CCC(C)(C)c1cc(C)c(O)c(C)c1C. The fourth-order valence-electron chi connectivity index (χ4n) is 1.96. The molecule has 0 aliphatic rings. The monoisotopic (exact) mass is 206 g/mol. The second-order valence-corrected chi connectivity index (χ2v) is 5.08. The summed E-state index contributed by atoms with van der Waals surface area (Å²) in [6, 6.07) is 2.13. The molecule has 0 aliphatic heterocycles. The van der Waals surface area contributed by atoms with E-state index in [9.17, 15) is 5.11 Å². The van der Waals surface area contributed by atoms with Crippen LogP contribution < -0.4 is 0 Å². The van der Waals surface area contributed by atoms with Gasteiger partial charge < -0.3 is 5.11 Å². The van der Waals surface area contributed by atoms with Crippen molar-refractivity contribution in [2.45, 2.75) is 53.4 Å². The average Bonchev–Trinajstić information content (AvgIpc) is 2.20. The summed E-state index contributed by atoms with van der Waals surface area (Å²) >= 11 is 0. The standard InChI is InChI=1S/C14H22O/c1-7-14(5,6)12-8-9(2)13(15)11(4)10(12)3/h8,15H,7H2,1-6H3. The van der Waals surface area contributed by atoms with Gasteiger partial charge in [0.05, 0.1) is 0 Å². The van der Waals surface area contributed by atoms with Gasteiger partial charge >= 0.3 is 0 Å². The Hall–Kier alpha value is -0.980. The van der Waals surface area contributed by atoms with Gasteiger partial charge in [-0.25, -0.2) is 0 Å². The number of aromatic hydroxyl groups is 1. The highest BCUT2D eigenvalue weighted by atomic mass is 16.3. The van der Waals surface area contributed by atoms with Gasteiger partial charge in [0.2, 0.25) is 0 Å². The molecule has 15 heavy (non-hydrogen) atoms. The zero-order valence-corrected chi connectivity index (χ0v) is 10.7. The van der Waals surface area contributed by atoms with Crippen LogP contribution in [0.1, 0.15) is 49.4 Å². The highest BCUT2D eigenvalue weighted by molar-refractivity contribution is 5.50. The molecule has 1 N–H and O–H groups in total. The number of benzene rings is 1. The number of phenols is 1. The lowest BCUT2D eigenvalue weighted by Gasteiger charge is -2.27. The maximum absolute atomic E-state index is 9.85. The van der Waals surface area contributed by atoms with Crippen molar-refractivity contribution < 1.29 is 5.11 Å². The van der Waals surface area contributed by atoms with Gasteiger partial charge in [0.25, 0.3) is 0 Å². The van der Waals surface area contributed by atoms with E-state index in [0.29, 0.717) is 5.75 Å². The van der Waals surface area contributed by atoms with Crippen LogP contribution in [0.3, 0.4) is 0 Å². The zero-order chi connectivity index (χ0) is 11.8. The fraction of sp³-hybridized carbons (Fsp3) is 0.571. The Labute approximate surface area is 93.1 Å². The first-order chi connectivity index (χ1) is 6.81. The summed E-state index contributed by atoms with van der Waals surface area (Å²) in [6.45, 7) is 12.8. The van der Waals surface area contributed by atoms with Gasteiger partial charge in [0.1, 0.15) is 5.75 Å². The molecule has 1 heteroatoms. The summed E-state index contributed by atoms with van der Waals surface area (Å²) in [4.78, 5) is 0. The van der Waals surface area contributed by atoms with E-state index in [1.165, 1.54) is 11.1 Å². The van der Waals surface area contributed by atoms with E-state index >= 15 is 0 Å². The summed E-state index contributed by atoms with van der Waals surface area (Å²) in [6.07, 6.45) is 1.11. The van der Waals surface area contributed by atoms with E-state index < -0.39 is 0 Å². The third kappa shape index (κ3) is 2.01. The molecule has 0 unspecified atom stereocenters. The second kappa shape index (κ2) is 3.88. The summed E-state index contributed by atoms with van der Waals surface area (Å²) < 4.78 is 0. The van der Waals surface area contributed by atoms with Crippen molar-refractivity contribution in [1.29, 1.82) is 0 Å². The maximum Gasteiger partial charge on any atom is 0.121 e. The molecule has 0 atom stereocenters. The highest BCUT2D eigenvalue weighted by Gasteiger charge is 2.22. The van der Waals surface area contributed by atoms with Crippen molar-refractivity contribution in [3.05, 3.63) is 28.3 Å². The van der Waals surface area contributed by atoms with Crippen LogP contribution in [-0.2, 0) is 5.41 Å². The van der Waals surface area contributed by atoms with E-state index in [-0.39, 0.29) is 5.41 Å². The first kappa shape index (κ1) is 12.1. The number of aryl methyl sites for hydroxylation is 1. The predicted octanol–water partition coefficient (Wildman–Crippen LogP) is 4.01. The minimum atomic E-state index is 0.188. The Morgan fingerprint density at radius 2 is 1.67 bits per heavy atom. The highest BCUT2D eigenvalue weighted by Crippen LogP contribution is 2.35. The largest absolute Gasteiger partial charge is 0.507 e. The molecule has 0 aliphatic carbocycles. The van der Waals surface area contributed by atoms with Gasteiger partial charge in [-0.3, -0.25) is 0 Å². The molecule has 1 aromatic carbocycles. The van der Waals surface area contributed by atoms with Crippen molar-refractivity contribution in [1.82, 2.24) is 0 Å². The van der Waals surface area contributed by atoms with Gasteiger partial charge in [-0.1, -0.05) is 26.8 Å². The molecule has 0 fully saturated rings. The Morgan fingerprint density at radius 1 is 1.13 bits per heavy atom. The summed E-state index contributed by atoms with van der Waals surface area (Å²) in [5.41, 5.74) is 4.77. The molecule has 0 radical (unpaired) electrons. The molecular formula is C14H22O. The van der Waals surface area contributed by atoms with E-state index in [4.69, 9.17) is 0 Å². The van der Waals surface area contributed by atoms with Crippen LogP contribution in [0, 0.1) is 20.8 Å². The molecule has 0 amide bonds. The molecule has 1 rings (SSSR count). The van der Waals surface area contributed by atoms with Gasteiger partial charge in [-0.05, 0) is 54.9 Å². The van der Waals surface area contributed by atoms with Crippen LogP contribution in [-0.4, -0.2) is 5.11 Å². The topological polar surface area (TPSA) is 20.2 Å². The number of phenolic OH excluding ortho intramolecular Hbond substituents is 1. The lowest BCUT2D eigenvalue weighted by Crippen LogP contribution is -2.18. The molecule has 0 aromatic heterocycles.